The molecule has 48 heavy (non-hydrogen) atoms. The van der Waals surface area contributed by atoms with Crippen molar-refractivity contribution < 1.29 is 43.5 Å². The van der Waals surface area contributed by atoms with Gasteiger partial charge >= 0.3 is 18.4 Å². The van der Waals surface area contributed by atoms with Crippen LogP contribution in [0.25, 0.3) is 0 Å². The second-order valence-electron chi connectivity index (χ2n) is 15.0. The Hall–Kier alpha value is -3.67. The van der Waals surface area contributed by atoms with Crippen LogP contribution in [0.2, 0.25) is 0 Å². The molecule has 2 fully saturated rings. The molecule has 11 nitrogen and oxygen atoms in total. The fourth-order valence-electron chi connectivity index (χ4n) is 5.15. The normalized spacial score (nSPS) is 20.8. The molecule has 4 unspecified atom stereocenters. The number of likely N-dealkylation sites (tertiary alicyclic amines) is 1. The Morgan fingerprint density at radius 2 is 1.15 bits per heavy atom. The Kier molecular flexibility index (Phi) is 15.4. The summed E-state index contributed by atoms with van der Waals surface area (Å²) in [6.07, 6.45) is -0.622. The van der Waals surface area contributed by atoms with E-state index in [1.54, 1.807) is 46.4 Å². The largest absolute Gasteiger partial charge is 0.519 e. The lowest BCUT2D eigenvalue weighted by Crippen LogP contribution is -2.41. The van der Waals surface area contributed by atoms with E-state index < -0.39 is 29.1 Å². The van der Waals surface area contributed by atoms with E-state index in [4.69, 9.17) is 19.3 Å². The summed E-state index contributed by atoms with van der Waals surface area (Å²) in [6, 6.07) is 20.7. The predicted molar refractivity (Wildman–Crippen MR) is 184 cm³/mol. The van der Waals surface area contributed by atoms with Gasteiger partial charge in [-0.1, -0.05) is 60.7 Å². The minimum atomic E-state index is -1.06. The number of amides is 1. The molecule has 3 N–H and O–H groups in total. The van der Waals surface area contributed by atoms with Gasteiger partial charge in [-0.2, -0.15) is 0 Å². The Morgan fingerprint density at radius 3 is 1.54 bits per heavy atom. The first-order chi connectivity index (χ1) is 22.3. The topological polar surface area (TPSA) is 144 Å². The van der Waals surface area contributed by atoms with Crippen LogP contribution >= 0.6 is 0 Å². The number of carbonyl (C=O) groups excluding carboxylic acids is 3. The number of hydrogen-bond acceptors (Lipinski definition) is 10. The smallest absolute Gasteiger partial charge is 0.444 e. The molecule has 2 aromatic carbocycles. The highest BCUT2D eigenvalue weighted by Crippen LogP contribution is 2.32. The monoisotopic (exact) mass is 672 g/mol. The van der Waals surface area contributed by atoms with Crippen LogP contribution in [0.4, 0.5) is 14.4 Å². The summed E-state index contributed by atoms with van der Waals surface area (Å²) >= 11 is 0. The van der Waals surface area contributed by atoms with Crippen LogP contribution in [0, 0.1) is 0 Å². The minimum absolute atomic E-state index is 0.0252. The number of nitrogens with one attached hydrogen (secondary N) is 1. The van der Waals surface area contributed by atoms with Crippen molar-refractivity contribution in [3.63, 3.8) is 0 Å². The predicted octanol–water partition coefficient (Wildman–Crippen LogP) is 6.77. The van der Waals surface area contributed by atoms with Gasteiger partial charge in [0, 0.05) is 25.0 Å². The standard InChI is InChI=1S/C16H23NO3.C11H15NO.C10H18O5/c1-16(2,3)20-15(19)17-10-13(9-14(17)11-18)12-7-5-4-6-8-12;13-8-11-6-10(7-12-11)9-4-2-1-3-5-9;1-9(2,3)14-7(11)13-8(12)15-10(4,5)6/h4-8,13-14,18H,9-11H2,1-3H3;1-5,10-13H,6-8H2;1-6H3. The van der Waals surface area contributed by atoms with E-state index in [2.05, 4.69) is 46.5 Å². The van der Waals surface area contributed by atoms with Gasteiger partial charge in [-0.25, -0.2) is 14.4 Å². The van der Waals surface area contributed by atoms with Crippen LogP contribution in [-0.4, -0.2) is 88.7 Å². The summed E-state index contributed by atoms with van der Waals surface area (Å²) in [7, 11) is 0. The molecule has 2 aliphatic heterocycles. The molecule has 0 aromatic heterocycles. The van der Waals surface area contributed by atoms with Gasteiger partial charge in [0.25, 0.3) is 0 Å². The first-order valence-corrected chi connectivity index (χ1v) is 16.5. The maximum Gasteiger partial charge on any atom is 0.519 e. The van der Waals surface area contributed by atoms with Crippen molar-refractivity contribution in [2.75, 3.05) is 26.3 Å². The van der Waals surface area contributed by atoms with Crippen molar-refractivity contribution in [2.45, 2.75) is 116 Å². The zero-order chi connectivity index (χ0) is 36.1. The minimum Gasteiger partial charge on any atom is -0.444 e. The number of aliphatic hydroxyl groups excluding tert-OH is 2. The molecule has 2 aromatic rings. The van der Waals surface area contributed by atoms with Gasteiger partial charge in [-0.05, 0) is 92.2 Å². The first kappa shape index (κ1) is 40.5. The molecule has 268 valence electrons. The fourth-order valence-corrected chi connectivity index (χ4v) is 5.15. The summed E-state index contributed by atoms with van der Waals surface area (Å²) in [5.41, 5.74) is 0.683. The summed E-state index contributed by atoms with van der Waals surface area (Å²) < 4.78 is 19.2. The average Bonchev–Trinajstić information content (AvgIpc) is 3.64. The lowest BCUT2D eigenvalue weighted by atomic mass is 9.97. The summed E-state index contributed by atoms with van der Waals surface area (Å²) in [5.74, 6) is 0.846. The number of nitrogens with zero attached hydrogens (tertiary/aromatic N) is 1. The Balaban J connectivity index is 0.000000257. The molecule has 0 saturated carbocycles. The molecule has 0 aliphatic carbocycles. The van der Waals surface area contributed by atoms with Crippen molar-refractivity contribution in [1.82, 2.24) is 10.2 Å². The van der Waals surface area contributed by atoms with Crippen LogP contribution in [0.1, 0.15) is 98.1 Å². The fraction of sp³-hybridized carbons (Fsp3) is 0.595. The van der Waals surface area contributed by atoms with Crippen LogP contribution < -0.4 is 5.32 Å². The van der Waals surface area contributed by atoms with E-state index in [0.717, 1.165) is 19.4 Å². The van der Waals surface area contributed by atoms with Gasteiger partial charge in [-0.3, -0.25) is 0 Å². The molecule has 4 rings (SSSR count). The Morgan fingerprint density at radius 1 is 0.688 bits per heavy atom. The van der Waals surface area contributed by atoms with Crippen molar-refractivity contribution in [1.29, 1.82) is 0 Å². The van der Waals surface area contributed by atoms with E-state index in [9.17, 15) is 19.5 Å². The number of hydrogen-bond donors (Lipinski definition) is 3. The third-order valence-electron chi connectivity index (χ3n) is 7.18. The van der Waals surface area contributed by atoms with Gasteiger partial charge in [0.2, 0.25) is 0 Å². The van der Waals surface area contributed by atoms with Gasteiger partial charge in [0.15, 0.2) is 0 Å². The van der Waals surface area contributed by atoms with Crippen molar-refractivity contribution in [3.8, 4) is 0 Å². The van der Waals surface area contributed by atoms with Crippen LogP contribution in [-0.2, 0) is 18.9 Å². The zero-order valence-electron chi connectivity index (χ0n) is 30.0. The average molecular weight is 673 g/mol. The van der Waals surface area contributed by atoms with E-state index in [1.165, 1.54) is 11.1 Å². The molecule has 2 heterocycles. The second kappa shape index (κ2) is 18.2. The summed E-state index contributed by atoms with van der Waals surface area (Å²) in [6.45, 7) is 17.4. The molecule has 11 heteroatoms. The van der Waals surface area contributed by atoms with Crippen molar-refractivity contribution >= 4 is 18.4 Å². The molecule has 0 radical (unpaired) electrons. The molecule has 2 saturated heterocycles. The van der Waals surface area contributed by atoms with Crippen molar-refractivity contribution in [3.05, 3.63) is 71.8 Å². The lowest BCUT2D eigenvalue weighted by Gasteiger charge is -2.27. The molecule has 0 spiro atoms. The number of aliphatic hydroxyl groups is 2. The highest BCUT2D eigenvalue weighted by atomic mass is 16.8. The second-order valence-corrected chi connectivity index (χ2v) is 15.0. The number of ether oxygens (including phenoxy) is 4. The number of carbonyl (C=O) groups is 3. The quantitative estimate of drug-likeness (QED) is 0.181. The zero-order valence-corrected chi connectivity index (χ0v) is 30.0. The van der Waals surface area contributed by atoms with E-state index in [1.807, 2.05) is 45.0 Å². The number of benzene rings is 2. The van der Waals surface area contributed by atoms with Crippen LogP contribution in [0.15, 0.2) is 60.7 Å². The van der Waals surface area contributed by atoms with Gasteiger partial charge in [0.1, 0.15) is 16.8 Å². The Bertz CT molecular complexity index is 1240. The molecular formula is C37H56N2O9. The van der Waals surface area contributed by atoms with E-state index in [-0.39, 0.29) is 31.3 Å². The first-order valence-electron chi connectivity index (χ1n) is 16.5. The van der Waals surface area contributed by atoms with E-state index in [0.29, 0.717) is 18.5 Å². The Labute approximate surface area is 285 Å². The highest BCUT2D eigenvalue weighted by Gasteiger charge is 2.37. The molecule has 4 atom stereocenters. The molecule has 2 aliphatic rings. The maximum atomic E-state index is 12.2. The van der Waals surface area contributed by atoms with Crippen molar-refractivity contribution in [2.24, 2.45) is 0 Å². The van der Waals surface area contributed by atoms with Gasteiger partial charge in [-0.15, -0.1) is 0 Å². The maximum absolute atomic E-state index is 12.2. The third kappa shape index (κ3) is 15.5. The molecule has 1 amide bonds. The summed E-state index contributed by atoms with van der Waals surface area (Å²) in [4.78, 5) is 35.9. The van der Waals surface area contributed by atoms with E-state index >= 15 is 0 Å². The molecule has 0 bridgehead atoms. The summed E-state index contributed by atoms with van der Waals surface area (Å²) in [5, 5.41) is 21.8. The van der Waals surface area contributed by atoms with Crippen LogP contribution in [0.5, 0.6) is 0 Å². The van der Waals surface area contributed by atoms with Gasteiger partial charge in [0.05, 0.1) is 19.3 Å². The highest BCUT2D eigenvalue weighted by molar-refractivity contribution is 5.77. The number of rotatable bonds is 4. The SMILES string of the molecule is CC(C)(C)OC(=O)N1CC(c2ccccc2)CC1CO.CC(C)(C)OC(=O)OC(=O)OC(C)(C)C.OCC1CC(c2ccccc2)CN1. The molecular weight excluding hydrogens is 616 g/mol. The lowest BCUT2D eigenvalue weighted by molar-refractivity contribution is -0.0294. The van der Waals surface area contributed by atoms with Gasteiger partial charge < -0.3 is 39.4 Å². The van der Waals surface area contributed by atoms with Crippen LogP contribution in [0.3, 0.4) is 0 Å². The third-order valence-corrected chi connectivity index (χ3v) is 7.18.